The lowest BCUT2D eigenvalue weighted by atomic mass is 10.3. The van der Waals surface area contributed by atoms with Crippen molar-refractivity contribution in [2.45, 2.75) is 0 Å². The normalized spacial score (nSPS) is 19.3. The van der Waals surface area contributed by atoms with Gasteiger partial charge in [0.25, 0.3) is 5.91 Å². The van der Waals surface area contributed by atoms with Crippen LogP contribution in [0.4, 0.5) is 0 Å². The summed E-state index contributed by atoms with van der Waals surface area (Å²) in [6.45, 7) is 0.605. The van der Waals surface area contributed by atoms with E-state index in [1.165, 1.54) is 0 Å². The smallest absolute Gasteiger partial charge is 0.260 e. The average Bonchev–Trinajstić information content (AvgIpc) is 1.61. The van der Waals surface area contributed by atoms with Crippen molar-refractivity contribution in [2.75, 3.05) is 6.54 Å². The first-order chi connectivity index (χ1) is 2.80. The zero-order valence-electron chi connectivity index (χ0n) is 3.02. The quantitative estimate of drug-likeness (QED) is 0.329. The number of carbonyl (C=O) groups is 1. The molecular formula is C3H3NOS. The Labute approximate surface area is 40.5 Å². The van der Waals surface area contributed by atoms with E-state index in [4.69, 9.17) is 0 Å². The number of β-lactam (4-membered cyclic amide) rings is 1. The van der Waals surface area contributed by atoms with Gasteiger partial charge in [-0.15, -0.1) is 0 Å². The second-order valence-corrected chi connectivity index (χ2v) is 1.60. The third-order valence-electron chi connectivity index (χ3n) is 0.663. The summed E-state index contributed by atoms with van der Waals surface area (Å²) in [6, 6.07) is 0. The molecule has 1 rings (SSSR count). The Bertz CT molecular complexity index is 95.4. The fourth-order valence-corrected chi connectivity index (χ4v) is 0.377. The van der Waals surface area contributed by atoms with Gasteiger partial charge >= 0.3 is 0 Å². The van der Waals surface area contributed by atoms with Crippen molar-refractivity contribution in [3.05, 3.63) is 0 Å². The largest absolute Gasteiger partial charge is 0.346 e. The van der Waals surface area contributed by atoms with Crippen molar-refractivity contribution in [1.82, 2.24) is 5.32 Å². The first kappa shape index (κ1) is 3.74. The van der Waals surface area contributed by atoms with Crippen molar-refractivity contribution in [3.63, 3.8) is 0 Å². The molecule has 0 atom stereocenters. The molecule has 0 aromatic heterocycles. The number of amides is 1. The third kappa shape index (κ3) is 0.318. The van der Waals surface area contributed by atoms with Gasteiger partial charge in [-0.05, 0) is 0 Å². The molecule has 1 heterocycles. The van der Waals surface area contributed by atoms with Gasteiger partial charge in [-0.1, -0.05) is 12.2 Å². The van der Waals surface area contributed by atoms with Gasteiger partial charge in [0.1, 0.15) is 0 Å². The molecule has 1 aliphatic rings. The maximum absolute atomic E-state index is 9.98. The first-order valence-electron chi connectivity index (χ1n) is 1.62. The standard InChI is InChI=1S/C3H3NOS/c5-3-2(6)1-4-3/h1H2,(H,4,5). The summed E-state index contributed by atoms with van der Waals surface area (Å²) in [5, 5.41) is 2.48. The van der Waals surface area contributed by atoms with E-state index in [9.17, 15) is 4.79 Å². The Kier molecular flexibility index (Phi) is 0.630. The summed E-state index contributed by atoms with van der Waals surface area (Å²) in [5.74, 6) is -0.0787. The highest BCUT2D eigenvalue weighted by molar-refractivity contribution is 7.82. The molecule has 1 aliphatic heterocycles. The van der Waals surface area contributed by atoms with Crippen LogP contribution < -0.4 is 5.32 Å². The lowest BCUT2D eigenvalue weighted by molar-refractivity contribution is -0.116. The molecular weight excluding hydrogens is 98.1 g/mol. The summed E-state index contributed by atoms with van der Waals surface area (Å²) < 4.78 is 0. The fraction of sp³-hybridized carbons (Fsp3) is 0.333. The molecule has 0 saturated carbocycles. The number of thiocarbonyl (C=S) groups is 1. The predicted octanol–water partition coefficient (Wildman–Crippen LogP) is -0.514. The van der Waals surface area contributed by atoms with E-state index in [1.54, 1.807) is 0 Å². The van der Waals surface area contributed by atoms with Crippen LogP contribution in [0.15, 0.2) is 0 Å². The lowest BCUT2D eigenvalue weighted by Crippen LogP contribution is -2.47. The number of hydrogen-bond donors (Lipinski definition) is 1. The van der Waals surface area contributed by atoms with Crippen LogP contribution in [-0.2, 0) is 4.79 Å². The summed E-state index contributed by atoms with van der Waals surface area (Å²) in [4.78, 5) is 10.5. The third-order valence-corrected chi connectivity index (χ3v) is 0.992. The Hall–Kier alpha value is -0.440. The second kappa shape index (κ2) is 1.01. The highest BCUT2D eigenvalue weighted by Crippen LogP contribution is 1.85. The molecule has 0 bridgehead atoms. The van der Waals surface area contributed by atoms with Crippen LogP contribution in [0.3, 0.4) is 0 Å². The van der Waals surface area contributed by atoms with Gasteiger partial charge in [0.2, 0.25) is 0 Å². The lowest BCUT2D eigenvalue weighted by Gasteiger charge is -2.12. The topological polar surface area (TPSA) is 29.1 Å². The van der Waals surface area contributed by atoms with Crippen LogP contribution in [0.2, 0.25) is 0 Å². The Morgan fingerprint density at radius 3 is 2.33 bits per heavy atom. The van der Waals surface area contributed by atoms with E-state index in [-0.39, 0.29) is 5.91 Å². The molecule has 6 heavy (non-hydrogen) atoms. The second-order valence-electron chi connectivity index (χ2n) is 1.11. The summed E-state index contributed by atoms with van der Waals surface area (Å²) >= 11 is 4.49. The molecule has 0 unspecified atom stereocenters. The zero-order valence-corrected chi connectivity index (χ0v) is 3.84. The molecule has 0 radical (unpaired) electrons. The van der Waals surface area contributed by atoms with E-state index >= 15 is 0 Å². The van der Waals surface area contributed by atoms with Gasteiger partial charge in [0.15, 0.2) is 0 Å². The van der Waals surface area contributed by atoms with Crippen molar-refractivity contribution < 1.29 is 4.79 Å². The molecule has 2 nitrogen and oxygen atoms in total. The molecule has 3 heteroatoms. The van der Waals surface area contributed by atoms with Crippen LogP contribution >= 0.6 is 12.2 Å². The average molecular weight is 101 g/mol. The molecule has 1 N–H and O–H groups in total. The highest BCUT2D eigenvalue weighted by Gasteiger charge is 2.17. The molecule has 0 aromatic rings. The van der Waals surface area contributed by atoms with Gasteiger partial charge in [-0.3, -0.25) is 4.79 Å². The van der Waals surface area contributed by atoms with Crippen molar-refractivity contribution in [3.8, 4) is 0 Å². The highest BCUT2D eigenvalue weighted by atomic mass is 32.1. The number of nitrogens with one attached hydrogen (secondary N) is 1. The van der Waals surface area contributed by atoms with Crippen LogP contribution in [0.1, 0.15) is 0 Å². The molecule has 32 valence electrons. The molecule has 1 amide bonds. The van der Waals surface area contributed by atoms with Gasteiger partial charge < -0.3 is 5.32 Å². The van der Waals surface area contributed by atoms with Gasteiger partial charge in [-0.25, -0.2) is 0 Å². The Morgan fingerprint density at radius 2 is 2.33 bits per heavy atom. The Balaban J connectivity index is 2.61. The summed E-state index contributed by atoms with van der Waals surface area (Å²) in [5.41, 5.74) is 0. The summed E-state index contributed by atoms with van der Waals surface area (Å²) in [7, 11) is 0. The monoisotopic (exact) mass is 101 g/mol. The number of carbonyl (C=O) groups excluding carboxylic acids is 1. The van der Waals surface area contributed by atoms with E-state index in [2.05, 4.69) is 17.5 Å². The minimum absolute atomic E-state index is 0.0787. The number of rotatable bonds is 0. The van der Waals surface area contributed by atoms with Gasteiger partial charge in [0, 0.05) is 0 Å². The van der Waals surface area contributed by atoms with Crippen LogP contribution in [0, 0.1) is 0 Å². The van der Waals surface area contributed by atoms with E-state index in [0.717, 1.165) is 0 Å². The zero-order chi connectivity index (χ0) is 4.57. The first-order valence-corrected chi connectivity index (χ1v) is 2.02. The van der Waals surface area contributed by atoms with Gasteiger partial charge in [0.05, 0.1) is 11.4 Å². The Morgan fingerprint density at radius 1 is 1.83 bits per heavy atom. The van der Waals surface area contributed by atoms with Crippen molar-refractivity contribution in [1.29, 1.82) is 0 Å². The molecule has 1 fully saturated rings. The van der Waals surface area contributed by atoms with Crippen LogP contribution in [0.25, 0.3) is 0 Å². The fourth-order valence-electron chi connectivity index (χ4n) is 0.233. The van der Waals surface area contributed by atoms with Gasteiger partial charge in [-0.2, -0.15) is 0 Å². The molecule has 0 aromatic carbocycles. The SMILES string of the molecule is O=C1NCC1=S. The molecule has 0 spiro atoms. The summed E-state index contributed by atoms with van der Waals surface area (Å²) in [6.07, 6.45) is 0. The van der Waals surface area contributed by atoms with Crippen LogP contribution in [-0.4, -0.2) is 17.3 Å². The maximum atomic E-state index is 9.98. The van der Waals surface area contributed by atoms with Crippen molar-refractivity contribution in [2.24, 2.45) is 0 Å². The minimum atomic E-state index is -0.0787. The number of hydrogen-bond acceptors (Lipinski definition) is 2. The van der Waals surface area contributed by atoms with E-state index in [0.29, 0.717) is 11.4 Å². The molecule has 1 saturated heterocycles. The van der Waals surface area contributed by atoms with Crippen molar-refractivity contribution >= 4 is 23.0 Å². The molecule has 0 aliphatic carbocycles. The van der Waals surface area contributed by atoms with E-state index in [1.807, 2.05) is 0 Å². The van der Waals surface area contributed by atoms with Crippen LogP contribution in [0.5, 0.6) is 0 Å². The minimum Gasteiger partial charge on any atom is -0.346 e. The predicted molar refractivity (Wildman–Crippen MR) is 25.6 cm³/mol. The van der Waals surface area contributed by atoms with E-state index < -0.39 is 0 Å². The maximum Gasteiger partial charge on any atom is 0.260 e.